The summed E-state index contributed by atoms with van der Waals surface area (Å²) in [5, 5.41) is 16.5. The molecule has 0 radical (unpaired) electrons. The predicted molar refractivity (Wildman–Crippen MR) is 61.2 cm³/mol. The van der Waals surface area contributed by atoms with Gasteiger partial charge in [0.05, 0.1) is 12.8 Å². The molecule has 1 heterocycles. The summed E-state index contributed by atoms with van der Waals surface area (Å²) in [6.07, 6.45) is 5.35. The van der Waals surface area contributed by atoms with Gasteiger partial charge < -0.3 is 10.4 Å². The molecular weight excluding hydrogens is 190 g/mol. The third kappa shape index (κ3) is 3.49. The van der Waals surface area contributed by atoms with Crippen LogP contribution in [0.3, 0.4) is 0 Å². The highest BCUT2D eigenvalue weighted by Gasteiger charge is 2.11. The zero-order valence-corrected chi connectivity index (χ0v) is 9.35. The summed E-state index contributed by atoms with van der Waals surface area (Å²) in [5.41, 5.74) is 1.09. The molecule has 1 unspecified atom stereocenters. The summed E-state index contributed by atoms with van der Waals surface area (Å²) in [7, 11) is 0. The molecule has 0 aliphatic carbocycles. The molecule has 1 rings (SSSR count). The first-order chi connectivity index (χ1) is 7.17. The molecule has 0 aromatic carbocycles. The van der Waals surface area contributed by atoms with Crippen molar-refractivity contribution in [1.82, 2.24) is 15.1 Å². The van der Waals surface area contributed by atoms with E-state index in [0.717, 1.165) is 12.1 Å². The van der Waals surface area contributed by atoms with Gasteiger partial charge in [-0.05, 0) is 5.92 Å². The maximum Gasteiger partial charge on any atom is 0.0587 e. The second-order valence-corrected chi connectivity index (χ2v) is 3.93. The van der Waals surface area contributed by atoms with E-state index in [1.54, 1.807) is 17.1 Å². The van der Waals surface area contributed by atoms with Gasteiger partial charge in [-0.15, -0.1) is 0 Å². The lowest BCUT2D eigenvalue weighted by Gasteiger charge is -2.19. The van der Waals surface area contributed by atoms with Gasteiger partial charge in [-0.1, -0.05) is 20.4 Å². The highest BCUT2D eigenvalue weighted by molar-refractivity contribution is 5.17. The van der Waals surface area contributed by atoms with Crippen LogP contribution in [0.4, 0.5) is 0 Å². The molecule has 1 aromatic heterocycles. The van der Waals surface area contributed by atoms with Gasteiger partial charge in [0.25, 0.3) is 0 Å². The molecule has 84 valence electrons. The first-order valence-electron chi connectivity index (χ1n) is 5.17. The van der Waals surface area contributed by atoms with E-state index in [9.17, 15) is 0 Å². The normalized spacial score (nSPS) is 13.1. The molecule has 0 amide bonds. The zero-order valence-electron chi connectivity index (χ0n) is 9.35. The van der Waals surface area contributed by atoms with E-state index in [1.807, 2.05) is 6.20 Å². The summed E-state index contributed by atoms with van der Waals surface area (Å²) >= 11 is 0. The van der Waals surface area contributed by atoms with Crippen molar-refractivity contribution >= 4 is 6.20 Å². The molecule has 0 spiro atoms. The van der Waals surface area contributed by atoms with Crippen LogP contribution in [0.1, 0.15) is 19.4 Å². The Balaban J connectivity index is 2.45. The summed E-state index contributed by atoms with van der Waals surface area (Å²) in [4.78, 5) is 0. The Kier molecular flexibility index (Phi) is 4.52. The number of nitrogens with one attached hydrogen (secondary N) is 1. The molecule has 15 heavy (non-hydrogen) atoms. The molecule has 1 atom stereocenters. The Morgan fingerprint density at radius 3 is 2.87 bits per heavy atom. The first-order valence-corrected chi connectivity index (χ1v) is 5.17. The van der Waals surface area contributed by atoms with Gasteiger partial charge in [0, 0.05) is 30.5 Å². The van der Waals surface area contributed by atoms with E-state index in [1.165, 1.54) is 0 Å². The summed E-state index contributed by atoms with van der Waals surface area (Å²) in [6, 6.07) is 0.136. The van der Waals surface area contributed by atoms with Crippen LogP contribution in [0, 0.1) is 5.92 Å². The van der Waals surface area contributed by atoms with Crippen LogP contribution in [-0.4, -0.2) is 27.5 Å². The molecule has 0 aliphatic heterocycles. The van der Waals surface area contributed by atoms with E-state index in [-0.39, 0.29) is 12.6 Å². The van der Waals surface area contributed by atoms with Crippen molar-refractivity contribution in [3.63, 3.8) is 0 Å². The summed E-state index contributed by atoms with van der Waals surface area (Å²) in [5.74, 6) is 0.421. The van der Waals surface area contributed by atoms with Crippen molar-refractivity contribution < 1.29 is 5.11 Å². The van der Waals surface area contributed by atoms with Crippen LogP contribution in [0.15, 0.2) is 19.0 Å². The molecule has 4 nitrogen and oxygen atoms in total. The maximum atomic E-state index is 9.13. The molecule has 0 bridgehead atoms. The summed E-state index contributed by atoms with van der Waals surface area (Å²) in [6.45, 7) is 8.67. The minimum absolute atomic E-state index is 0.136. The fourth-order valence-corrected chi connectivity index (χ4v) is 1.33. The molecule has 0 saturated carbocycles. The number of nitrogens with zero attached hydrogens (tertiary/aromatic N) is 2. The Labute approximate surface area is 90.6 Å². The van der Waals surface area contributed by atoms with Crippen molar-refractivity contribution in [1.29, 1.82) is 0 Å². The molecule has 0 aliphatic rings. The topological polar surface area (TPSA) is 50.1 Å². The molecule has 4 heteroatoms. The Morgan fingerprint density at radius 2 is 2.40 bits per heavy atom. The fraction of sp³-hybridized carbons (Fsp3) is 0.545. The van der Waals surface area contributed by atoms with Crippen molar-refractivity contribution in [2.24, 2.45) is 5.92 Å². The fourth-order valence-electron chi connectivity index (χ4n) is 1.33. The van der Waals surface area contributed by atoms with Crippen molar-refractivity contribution in [3.05, 3.63) is 24.5 Å². The second kappa shape index (κ2) is 5.68. The molecule has 1 aromatic rings. The highest BCUT2D eigenvalue weighted by Crippen LogP contribution is 2.03. The van der Waals surface area contributed by atoms with Crippen LogP contribution in [0.2, 0.25) is 0 Å². The van der Waals surface area contributed by atoms with Gasteiger partial charge in [-0.2, -0.15) is 5.10 Å². The maximum absolute atomic E-state index is 9.13. The van der Waals surface area contributed by atoms with Crippen LogP contribution in [-0.2, 0) is 6.54 Å². The van der Waals surface area contributed by atoms with E-state index in [2.05, 4.69) is 30.8 Å². The first kappa shape index (κ1) is 11.9. The minimum atomic E-state index is 0.136. The van der Waals surface area contributed by atoms with Crippen molar-refractivity contribution in [2.75, 3.05) is 6.61 Å². The standard InChI is InChI=1S/C11H19N3O/c1-4-14-7-10(6-13-14)5-12-11(8-15)9(2)3/h4,6-7,9,11-12,15H,1,5,8H2,2-3H3. The molecule has 0 fully saturated rings. The highest BCUT2D eigenvalue weighted by atomic mass is 16.3. The van der Waals surface area contributed by atoms with Crippen LogP contribution in [0.25, 0.3) is 6.20 Å². The Hall–Kier alpha value is -1.13. The predicted octanol–water partition coefficient (Wildman–Crippen LogP) is 1.09. The van der Waals surface area contributed by atoms with E-state index in [4.69, 9.17) is 5.11 Å². The third-order valence-electron chi connectivity index (χ3n) is 2.41. The molecule has 0 saturated heterocycles. The van der Waals surface area contributed by atoms with E-state index >= 15 is 0 Å². The number of hydrogen-bond donors (Lipinski definition) is 2. The van der Waals surface area contributed by atoms with Crippen LogP contribution in [0.5, 0.6) is 0 Å². The second-order valence-electron chi connectivity index (χ2n) is 3.93. The Morgan fingerprint density at radius 1 is 1.67 bits per heavy atom. The average molecular weight is 209 g/mol. The lowest BCUT2D eigenvalue weighted by atomic mass is 10.1. The summed E-state index contributed by atoms with van der Waals surface area (Å²) < 4.78 is 1.67. The zero-order chi connectivity index (χ0) is 11.3. The molecular formula is C11H19N3O. The minimum Gasteiger partial charge on any atom is -0.395 e. The number of rotatable bonds is 6. The lowest BCUT2D eigenvalue weighted by Crippen LogP contribution is -2.36. The van der Waals surface area contributed by atoms with Gasteiger partial charge in [0.15, 0.2) is 0 Å². The number of hydrogen-bond acceptors (Lipinski definition) is 3. The third-order valence-corrected chi connectivity index (χ3v) is 2.41. The van der Waals surface area contributed by atoms with Gasteiger partial charge in [0.2, 0.25) is 0 Å². The van der Waals surface area contributed by atoms with Crippen molar-refractivity contribution in [2.45, 2.75) is 26.4 Å². The number of aliphatic hydroxyl groups is 1. The monoisotopic (exact) mass is 209 g/mol. The smallest absolute Gasteiger partial charge is 0.0587 e. The lowest BCUT2D eigenvalue weighted by molar-refractivity contribution is 0.210. The van der Waals surface area contributed by atoms with Crippen molar-refractivity contribution in [3.8, 4) is 0 Å². The quantitative estimate of drug-likeness (QED) is 0.737. The largest absolute Gasteiger partial charge is 0.395 e. The SMILES string of the molecule is C=Cn1cc(CNC(CO)C(C)C)cn1. The van der Waals surface area contributed by atoms with Crippen LogP contribution >= 0.6 is 0 Å². The average Bonchev–Trinajstić information content (AvgIpc) is 2.66. The van der Waals surface area contributed by atoms with E-state index < -0.39 is 0 Å². The Bertz CT molecular complexity index is 307. The van der Waals surface area contributed by atoms with Gasteiger partial charge in [-0.3, -0.25) is 0 Å². The number of aromatic nitrogens is 2. The van der Waals surface area contributed by atoms with Gasteiger partial charge >= 0.3 is 0 Å². The van der Waals surface area contributed by atoms with Gasteiger partial charge in [-0.25, -0.2) is 4.68 Å². The van der Waals surface area contributed by atoms with Crippen LogP contribution < -0.4 is 5.32 Å². The molecule has 2 N–H and O–H groups in total. The van der Waals surface area contributed by atoms with Gasteiger partial charge in [0.1, 0.15) is 0 Å². The van der Waals surface area contributed by atoms with E-state index in [0.29, 0.717) is 5.92 Å². The number of aliphatic hydroxyl groups excluding tert-OH is 1.